The number of rotatable bonds is 22. The number of hydrogen-bond donors (Lipinski definition) is 0. The number of benzene rings is 4. The average Bonchev–Trinajstić information content (AvgIpc) is 3.86. The van der Waals surface area contributed by atoms with Crippen LogP contribution >= 0.6 is 0 Å². The van der Waals surface area contributed by atoms with Crippen LogP contribution in [0.5, 0.6) is 5.75 Å². The number of ether oxygens (including phenoxy) is 2. The lowest BCUT2D eigenvalue weighted by Crippen LogP contribution is -2.60. The second-order valence-electron chi connectivity index (χ2n) is 21.4. The number of aryl methyl sites for hydroxylation is 1. The maximum Gasteiger partial charge on any atom is 0.460 e. The summed E-state index contributed by atoms with van der Waals surface area (Å²) in [5, 5.41) is 0. The molecule has 4 aromatic carbocycles. The fourth-order valence-corrected chi connectivity index (χ4v) is 12.4. The van der Waals surface area contributed by atoms with E-state index < -0.39 is 66.7 Å². The second kappa shape index (κ2) is 23.0. The fraction of sp³-hybridized carbons (Fsp3) is 0.500. The summed E-state index contributed by atoms with van der Waals surface area (Å²) in [5.41, 5.74) is 8.14. The van der Waals surface area contributed by atoms with Gasteiger partial charge in [-0.2, -0.15) is 39.5 Å². The van der Waals surface area contributed by atoms with Crippen molar-refractivity contribution in [3.05, 3.63) is 155 Å². The number of alkyl halides is 9. The number of imide groups is 1. The van der Waals surface area contributed by atoms with E-state index in [1.807, 2.05) is 48.5 Å². The first kappa shape index (κ1) is 55.7. The molecule has 7 atom stereocenters. The number of unbranched alkanes of at least 4 members (excludes halogenated alkanes) is 4. The van der Waals surface area contributed by atoms with Gasteiger partial charge in [-0.25, -0.2) is 4.79 Å². The van der Waals surface area contributed by atoms with Crippen LogP contribution in [0.1, 0.15) is 131 Å². The largest absolute Gasteiger partial charge is 0.489 e. The Morgan fingerprint density at radius 2 is 1.40 bits per heavy atom. The Morgan fingerprint density at radius 3 is 2.07 bits per heavy atom. The minimum absolute atomic E-state index is 0.0504. The van der Waals surface area contributed by atoms with Crippen LogP contribution < -0.4 is 4.74 Å². The summed E-state index contributed by atoms with van der Waals surface area (Å²) in [6.45, 7) is 5.11. The summed E-state index contributed by atoms with van der Waals surface area (Å²) in [6.07, 6.45) is 2.48. The van der Waals surface area contributed by atoms with Crippen molar-refractivity contribution >= 4 is 17.5 Å². The van der Waals surface area contributed by atoms with E-state index in [1.54, 1.807) is 37.3 Å². The molecular weight excluding hydrogens is 984 g/mol. The van der Waals surface area contributed by atoms with E-state index >= 15 is 0 Å². The van der Waals surface area contributed by atoms with Crippen LogP contribution in [0, 0.1) is 23.2 Å². The standard InChI is InChI=1S/C60H67F9N2O4/c1-40-53(43-24-18-11-19-25-43)71(55(73)70(40)3)54(72)44(34-35-57(61,62)58(63,64)59(65,66)60(67,68)69)26-16-7-5-4-6-8-17-27-46-37-56(2)50(32-33-51(56)75-39-42-22-14-10-15-23-42)49-30-28-45-36-47(29-31-48(45)52(46)49)74-38-41-20-12-9-13-21-41/h8-15,17-25,29,31,36,40,44,49-51,53H,4-7,16,26-28,30,32-35,37-39H2,1-3H3/b17-8+/t40-,44+,49?,50?,51-,53-,56-/m0/s1. The van der Waals surface area contributed by atoms with Crippen LogP contribution in [0.4, 0.5) is 44.3 Å². The Bertz CT molecular complexity index is 2640. The Balaban J connectivity index is 0.935. The topological polar surface area (TPSA) is 59.1 Å². The van der Waals surface area contributed by atoms with E-state index in [9.17, 15) is 49.1 Å². The summed E-state index contributed by atoms with van der Waals surface area (Å²) in [5.74, 6) is -20.5. The summed E-state index contributed by atoms with van der Waals surface area (Å²) in [4.78, 5) is 29.9. The molecule has 1 aliphatic heterocycles. The maximum atomic E-state index is 15.0. The van der Waals surface area contributed by atoms with Crippen LogP contribution in [-0.2, 0) is 29.2 Å². The van der Waals surface area contributed by atoms with E-state index in [0.717, 1.165) is 60.3 Å². The number of nitrogens with zero attached hydrogens (tertiary/aromatic N) is 2. The monoisotopic (exact) mass is 1050 g/mol. The van der Waals surface area contributed by atoms with Crippen molar-refractivity contribution in [2.75, 3.05) is 7.05 Å². The van der Waals surface area contributed by atoms with Gasteiger partial charge in [0, 0.05) is 24.8 Å². The number of amides is 3. The SMILES string of the molecule is C[C@H]1[C@@H](c2ccccc2)N(C(=O)[C@H](CCCCCC/C=C/CC2=C3c4ccc(OCc5ccccc5)cc4CCC3C3CC[C@H](OCc4ccccc4)[C@@]3(C)C2)CCC(F)(F)C(F)(F)C(F)(F)C(F)(F)F)C(=O)N1C. The van der Waals surface area contributed by atoms with Crippen LogP contribution in [0.25, 0.3) is 5.57 Å². The minimum atomic E-state index is -7.04. The molecule has 1 heterocycles. The lowest BCUT2D eigenvalue weighted by atomic mass is 9.57. The molecule has 0 radical (unpaired) electrons. The molecular formula is C60H67F9N2O4. The summed E-state index contributed by atoms with van der Waals surface area (Å²) in [6, 6.07) is 32.9. The number of carbonyl (C=O) groups is 2. The third-order valence-electron chi connectivity index (χ3n) is 16.6. The minimum Gasteiger partial charge on any atom is -0.489 e. The number of urea groups is 1. The third-order valence-corrected chi connectivity index (χ3v) is 16.6. The van der Waals surface area contributed by atoms with Gasteiger partial charge in [0.1, 0.15) is 12.4 Å². The first-order valence-corrected chi connectivity index (χ1v) is 26.3. The molecule has 0 bridgehead atoms. The van der Waals surface area contributed by atoms with Gasteiger partial charge < -0.3 is 14.4 Å². The van der Waals surface area contributed by atoms with Gasteiger partial charge in [0.15, 0.2) is 0 Å². The van der Waals surface area contributed by atoms with Crippen LogP contribution in [-0.4, -0.2) is 64.9 Å². The van der Waals surface area contributed by atoms with Crippen molar-refractivity contribution in [3.63, 3.8) is 0 Å². The Labute approximate surface area is 434 Å². The number of fused-ring (bicyclic) bond motifs is 5. The molecule has 8 rings (SSSR count). The summed E-state index contributed by atoms with van der Waals surface area (Å²) in [7, 11) is 1.44. The summed E-state index contributed by atoms with van der Waals surface area (Å²) < 4.78 is 138. The molecule has 75 heavy (non-hydrogen) atoms. The molecule has 3 aliphatic carbocycles. The van der Waals surface area contributed by atoms with Crippen molar-refractivity contribution in [2.24, 2.45) is 23.2 Å². The number of likely N-dealkylation sites (N-methyl/N-ethyl adjacent to an activating group) is 1. The first-order valence-electron chi connectivity index (χ1n) is 26.3. The molecule has 1 saturated carbocycles. The van der Waals surface area contributed by atoms with Crippen molar-refractivity contribution in [1.82, 2.24) is 9.80 Å². The number of carbonyl (C=O) groups excluding carboxylic acids is 2. The molecule has 4 aromatic rings. The van der Waals surface area contributed by atoms with Crippen LogP contribution in [0.2, 0.25) is 0 Å². The molecule has 2 fully saturated rings. The first-order chi connectivity index (χ1) is 35.7. The number of allylic oxidation sites excluding steroid dienone is 4. The van der Waals surface area contributed by atoms with Crippen LogP contribution in [0.3, 0.4) is 0 Å². The molecule has 1 saturated heterocycles. The lowest BCUT2D eigenvalue weighted by Gasteiger charge is -2.48. The molecule has 0 N–H and O–H groups in total. The van der Waals surface area contributed by atoms with Gasteiger partial charge in [-0.05, 0) is 128 Å². The van der Waals surface area contributed by atoms with Crippen molar-refractivity contribution < 1.29 is 58.6 Å². The molecule has 0 spiro atoms. The molecule has 0 aromatic heterocycles. The maximum absolute atomic E-state index is 15.0. The molecule has 404 valence electrons. The smallest absolute Gasteiger partial charge is 0.460 e. The highest BCUT2D eigenvalue weighted by Gasteiger charge is 2.81. The summed E-state index contributed by atoms with van der Waals surface area (Å²) >= 11 is 0. The Hall–Kier alpha value is -5.57. The molecule has 6 nitrogen and oxygen atoms in total. The second-order valence-corrected chi connectivity index (χ2v) is 21.4. The quantitative estimate of drug-likeness (QED) is 0.0447. The number of hydrogen-bond acceptors (Lipinski definition) is 4. The molecule has 2 unspecified atom stereocenters. The van der Waals surface area contributed by atoms with Gasteiger partial charge in [-0.15, -0.1) is 0 Å². The lowest BCUT2D eigenvalue weighted by molar-refractivity contribution is -0.396. The molecule has 4 aliphatic rings. The zero-order valence-corrected chi connectivity index (χ0v) is 42.8. The van der Waals surface area contributed by atoms with Crippen molar-refractivity contribution in [2.45, 2.75) is 159 Å². The zero-order valence-electron chi connectivity index (χ0n) is 42.8. The van der Waals surface area contributed by atoms with Gasteiger partial charge in [0.05, 0.1) is 24.8 Å². The van der Waals surface area contributed by atoms with E-state index in [-0.39, 0.29) is 24.4 Å². The predicted molar refractivity (Wildman–Crippen MR) is 270 cm³/mol. The van der Waals surface area contributed by atoms with E-state index in [0.29, 0.717) is 56.3 Å². The van der Waals surface area contributed by atoms with Crippen molar-refractivity contribution in [1.29, 1.82) is 0 Å². The highest BCUT2D eigenvalue weighted by atomic mass is 19.4. The van der Waals surface area contributed by atoms with Crippen LogP contribution in [0.15, 0.2) is 127 Å². The van der Waals surface area contributed by atoms with E-state index in [4.69, 9.17) is 9.47 Å². The highest BCUT2D eigenvalue weighted by molar-refractivity contribution is 5.98. The fourth-order valence-electron chi connectivity index (χ4n) is 12.4. The van der Waals surface area contributed by atoms with Crippen molar-refractivity contribution in [3.8, 4) is 5.75 Å². The Kier molecular flexibility index (Phi) is 17.0. The van der Waals surface area contributed by atoms with Gasteiger partial charge in [-0.3, -0.25) is 9.69 Å². The number of halogens is 9. The van der Waals surface area contributed by atoms with Gasteiger partial charge in [-0.1, -0.05) is 141 Å². The normalized spacial score (nSPS) is 23.6. The predicted octanol–water partition coefficient (Wildman–Crippen LogP) is 16.2. The zero-order chi connectivity index (χ0) is 53.8. The van der Waals surface area contributed by atoms with E-state index in [2.05, 4.69) is 49.4 Å². The Morgan fingerprint density at radius 1 is 0.760 bits per heavy atom. The average molecular weight is 1050 g/mol. The molecule has 15 heteroatoms. The van der Waals surface area contributed by atoms with Gasteiger partial charge >= 0.3 is 30.0 Å². The highest BCUT2D eigenvalue weighted by Crippen LogP contribution is 2.62. The van der Waals surface area contributed by atoms with Gasteiger partial charge in [0.25, 0.3) is 0 Å². The van der Waals surface area contributed by atoms with Gasteiger partial charge in [0.2, 0.25) is 5.91 Å². The molecule has 3 amide bonds. The van der Waals surface area contributed by atoms with E-state index in [1.165, 1.54) is 34.2 Å². The third kappa shape index (κ3) is 11.6.